The zero-order valence-corrected chi connectivity index (χ0v) is 14.7. The highest BCUT2D eigenvalue weighted by molar-refractivity contribution is 7.14. The SMILES string of the molecule is CC[C@@H]1CCc2sc(C(=O)OCc3nnc(-c4ccco4)o3)cc2C1. The van der Waals surface area contributed by atoms with Crippen LogP contribution in [-0.2, 0) is 24.2 Å². The Morgan fingerprint density at radius 2 is 2.36 bits per heavy atom. The number of hydrogen-bond acceptors (Lipinski definition) is 7. The van der Waals surface area contributed by atoms with E-state index in [1.54, 1.807) is 12.1 Å². The minimum atomic E-state index is -0.342. The van der Waals surface area contributed by atoms with Crippen molar-refractivity contribution in [3.63, 3.8) is 0 Å². The minimum absolute atomic E-state index is 0.0489. The molecule has 0 saturated heterocycles. The quantitative estimate of drug-likeness (QED) is 0.634. The summed E-state index contributed by atoms with van der Waals surface area (Å²) in [6.45, 7) is 2.17. The molecule has 6 nitrogen and oxygen atoms in total. The number of ether oxygens (including phenoxy) is 1. The lowest BCUT2D eigenvalue weighted by Crippen LogP contribution is -2.10. The number of rotatable bonds is 5. The minimum Gasteiger partial charge on any atom is -0.459 e. The van der Waals surface area contributed by atoms with Crippen LogP contribution in [0.2, 0.25) is 0 Å². The van der Waals surface area contributed by atoms with Crippen molar-refractivity contribution in [3.05, 3.63) is 45.7 Å². The van der Waals surface area contributed by atoms with E-state index in [4.69, 9.17) is 13.6 Å². The number of hydrogen-bond donors (Lipinski definition) is 0. The third kappa shape index (κ3) is 3.37. The molecule has 1 aliphatic rings. The fourth-order valence-electron chi connectivity index (χ4n) is 3.06. The molecule has 0 saturated carbocycles. The van der Waals surface area contributed by atoms with Crippen LogP contribution in [0.1, 0.15) is 45.8 Å². The van der Waals surface area contributed by atoms with Crippen LogP contribution in [0, 0.1) is 5.92 Å². The number of fused-ring (bicyclic) bond motifs is 1. The van der Waals surface area contributed by atoms with Gasteiger partial charge in [-0.25, -0.2) is 4.79 Å². The van der Waals surface area contributed by atoms with Crippen LogP contribution >= 0.6 is 11.3 Å². The highest BCUT2D eigenvalue weighted by Gasteiger charge is 2.23. The van der Waals surface area contributed by atoms with E-state index in [1.165, 1.54) is 40.9 Å². The molecule has 25 heavy (non-hydrogen) atoms. The van der Waals surface area contributed by atoms with Crippen molar-refractivity contribution < 1.29 is 18.4 Å². The molecule has 3 aromatic rings. The molecular formula is C18H18N2O4S. The fraction of sp³-hybridized carbons (Fsp3) is 0.389. The van der Waals surface area contributed by atoms with Gasteiger partial charge in [0.2, 0.25) is 0 Å². The number of aromatic nitrogens is 2. The van der Waals surface area contributed by atoms with Crippen molar-refractivity contribution in [2.45, 2.75) is 39.2 Å². The van der Waals surface area contributed by atoms with Crippen molar-refractivity contribution in [1.29, 1.82) is 0 Å². The van der Waals surface area contributed by atoms with Gasteiger partial charge in [0.15, 0.2) is 12.4 Å². The molecule has 130 valence electrons. The highest BCUT2D eigenvalue weighted by Crippen LogP contribution is 2.33. The second-order valence-electron chi connectivity index (χ2n) is 6.13. The monoisotopic (exact) mass is 358 g/mol. The molecule has 1 atom stereocenters. The van der Waals surface area contributed by atoms with E-state index in [1.807, 2.05) is 6.07 Å². The predicted octanol–water partition coefficient (Wildman–Crippen LogP) is 4.26. The van der Waals surface area contributed by atoms with Crippen LogP contribution < -0.4 is 0 Å². The number of carbonyl (C=O) groups excluding carboxylic acids is 1. The van der Waals surface area contributed by atoms with E-state index in [2.05, 4.69) is 17.1 Å². The smallest absolute Gasteiger partial charge is 0.348 e. The molecule has 0 aliphatic heterocycles. The Morgan fingerprint density at radius 3 is 3.16 bits per heavy atom. The molecule has 0 unspecified atom stereocenters. The molecule has 3 aromatic heterocycles. The summed E-state index contributed by atoms with van der Waals surface area (Å²) in [6, 6.07) is 5.44. The Hall–Kier alpha value is -2.41. The summed E-state index contributed by atoms with van der Waals surface area (Å²) in [5.41, 5.74) is 1.30. The molecule has 0 amide bonds. The van der Waals surface area contributed by atoms with Crippen LogP contribution in [0.4, 0.5) is 0 Å². The first kappa shape index (κ1) is 16.1. The van der Waals surface area contributed by atoms with Crippen molar-refractivity contribution in [3.8, 4) is 11.7 Å². The second kappa shape index (κ2) is 6.84. The summed E-state index contributed by atoms with van der Waals surface area (Å²) in [5, 5.41) is 7.75. The normalized spacial score (nSPS) is 16.6. The van der Waals surface area contributed by atoms with E-state index >= 15 is 0 Å². The van der Waals surface area contributed by atoms with Gasteiger partial charge >= 0.3 is 5.97 Å². The number of thiophene rings is 1. The molecule has 4 rings (SSSR count). The van der Waals surface area contributed by atoms with Gasteiger partial charge in [-0.3, -0.25) is 0 Å². The lowest BCUT2D eigenvalue weighted by atomic mass is 9.87. The van der Waals surface area contributed by atoms with Crippen LogP contribution in [-0.4, -0.2) is 16.2 Å². The van der Waals surface area contributed by atoms with Gasteiger partial charge in [0, 0.05) is 4.88 Å². The van der Waals surface area contributed by atoms with E-state index in [0.717, 1.165) is 18.8 Å². The largest absolute Gasteiger partial charge is 0.459 e. The molecule has 0 N–H and O–H groups in total. The Morgan fingerprint density at radius 1 is 1.44 bits per heavy atom. The standard InChI is InChI=1S/C18H18N2O4S/c1-2-11-5-6-14-12(8-11)9-15(25-14)18(21)23-10-16-19-20-17(24-16)13-4-3-7-22-13/h3-4,7,9,11H,2,5-6,8,10H2,1H3/t11-/m1/s1. The molecule has 0 spiro atoms. The summed E-state index contributed by atoms with van der Waals surface area (Å²) < 4.78 is 15.9. The highest BCUT2D eigenvalue weighted by atomic mass is 32.1. The number of esters is 1. The van der Waals surface area contributed by atoms with Crippen molar-refractivity contribution >= 4 is 17.3 Å². The first-order chi connectivity index (χ1) is 12.2. The van der Waals surface area contributed by atoms with E-state index in [0.29, 0.717) is 10.6 Å². The molecule has 0 aromatic carbocycles. The molecule has 0 radical (unpaired) electrons. The van der Waals surface area contributed by atoms with Gasteiger partial charge in [0.25, 0.3) is 11.8 Å². The molecule has 3 heterocycles. The van der Waals surface area contributed by atoms with Crippen LogP contribution in [0.25, 0.3) is 11.7 Å². The Labute approximate surface area is 148 Å². The van der Waals surface area contributed by atoms with Crippen molar-refractivity contribution in [2.24, 2.45) is 5.92 Å². The van der Waals surface area contributed by atoms with Gasteiger partial charge in [-0.15, -0.1) is 21.5 Å². The number of furan rings is 1. The molecular weight excluding hydrogens is 340 g/mol. The molecule has 1 aliphatic carbocycles. The summed E-state index contributed by atoms with van der Waals surface area (Å²) >= 11 is 1.54. The maximum Gasteiger partial charge on any atom is 0.348 e. The molecule has 0 fully saturated rings. The lowest BCUT2D eigenvalue weighted by Gasteiger charge is -2.19. The van der Waals surface area contributed by atoms with Gasteiger partial charge in [-0.1, -0.05) is 13.3 Å². The summed E-state index contributed by atoms with van der Waals surface area (Å²) in [7, 11) is 0. The molecule has 0 bridgehead atoms. The Kier molecular flexibility index (Phi) is 4.40. The summed E-state index contributed by atoms with van der Waals surface area (Å²) in [5.74, 6) is 1.39. The summed E-state index contributed by atoms with van der Waals surface area (Å²) in [4.78, 5) is 14.3. The van der Waals surface area contributed by atoms with Gasteiger partial charge in [0.1, 0.15) is 4.88 Å². The number of nitrogens with zero attached hydrogens (tertiary/aromatic N) is 2. The van der Waals surface area contributed by atoms with Crippen LogP contribution in [0.5, 0.6) is 0 Å². The van der Waals surface area contributed by atoms with E-state index in [-0.39, 0.29) is 24.4 Å². The molecule has 7 heteroatoms. The lowest BCUT2D eigenvalue weighted by molar-refractivity contribution is 0.0444. The number of aryl methyl sites for hydroxylation is 1. The Bertz CT molecular complexity index is 866. The van der Waals surface area contributed by atoms with Gasteiger partial charge in [0.05, 0.1) is 6.26 Å². The van der Waals surface area contributed by atoms with E-state index in [9.17, 15) is 4.79 Å². The predicted molar refractivity (Wildman–Crippen MR) is 91.2 cm³/mol. The third-order valence-corrected chi connectivity index (χ3v) is 5.71. The van der Waals surface area contributed by atoms with Gasteiger partial charge in [-0.05, 0) is 48.9 Å². The fourth-order valence-corrected chi connectivity index (χ4v) is 4.16. The summed E-state index contributed by atoms with van der Waals surface area (Å²) in [6.07, 6.45) is 6.04. The maximum atomic E-state index is 12.3. The first-order valence-corrected chi connectivity index (χ1v) is 9.19. The van der Waals surface area contributed by atoms with Gasteiger partial charge in [-0.2, -0.15) is 0 Å². The van der Waals surface area contributed by atoms with Gasteiger partial charge < -0.3 is 13.6 Å². The first-order valence-electron chi connectivity index (χ1n) is 8.38. The third-order valence-electron chi connectivity index (χ3n) is 4.49. The van der Waals surface area contributed by atoms with Crippen molar-refractivity contribution in [1.82, 2.24) is 10.2 Å². The zero-order valence-electron chi connectivity index (χ0n) is 13.9. The average Bonchev–Trinajstić information content (AvgIpc) is 3.38. The van der Waals surface area contributed by atoms with E-state index < -0.39 is 0 Å². The Balaban J connectivity index is 1.39. The number of carbonyl (C=O) groups is 1. The second-order valence-corrected chi connectivity index (χ2v) is 7.27. The zero-order chi connectivity index (χ0) is 17.2. The van der Waals surface area contributed by atoms with Crippen molar-refractivity contribution in [2.75, 3.05) is 0 Å². The average molecular weight is 358 g/mol. The maximum absolute atomic E-state index is 12.3. The topological polar surface area (TPSA) is 78.4 Å². The van der Waals surface area contributed by atoms with Crippen LogP contribution in [0.15, 0.2) is 33.3 Å². The van der Waals surface area contributed by atoms with Crippen LogP contribution in [0.3, 0.4) is 0 Å².